The van der Waals surface area contributed by atoms with Crippen LogP contribution in [-0.2, 0) is 27.1 Å². The van der Waals surface area contributed by atoms with E-state index in [9.17, 15) is 32.7 Å². The molecule has 38 heavy (non-hydrogen) atoms. The number of benzene rings is 3. The van der Waals surface area contributed by atoms with Crippen LogP contribution in [0.15, 0.2) is 66.7 Å². The zero-order valence-electron chi connectivity index (χ0n) is 20.4. The van der Waals surface area contributed by atoms with E-state index >= 15 is 0 Å². The number of carbonyl (C=O) groups is 3. The van der Waals surface area contributed by atoms with Gasteiger partial charge in [0.05, 0.1) is 23.9 Å². The number of carboxylic acid groups (broad SMARTS) is 1. The Morgan fingerprint density at radius 2 is 1.76 bits per heavy atom. The lowest BCUT2D eigenvalue weighted by Crippen LogP contribution is -2.56. The number of nitrogens with one attached hydrogen (secondary N) is 1. The van der Waals surface area contributed by atoms with E-state index in [4.69, 9.17) is 0 Å². The highest BCUT2D eigenvalue weighted by Crippen LogP contribution is 2.51. The second-order valence-corrected chi connectivity index (χ2v) is 10.7. The van der Waals surface area contributed by atoms with Crippen LogP contribution >= 0.6 is 11.8 Å². The normalized spacial score (nSPS) is 25.3. The summed E-state index contributed by atoms with van der Waals surface area (Å²) in [7, 11) is 0. The Labute approximate surface area is 221 Å². The maximum absolute atomic E-state index is 13.8. The molecule has 6 nitrogen and oxygen atoms in total. The van der Waals surface area contributed by atoms with Crippen LogP contribution in [0.5, 0.6) is 0 Å². The van der Waals surface area contributed by atoms with Crippen molar-refractivity contribution < 1.29 is 32.7 Å². The summed E-state index contributed by atoms with van der Waals surface area (Å²) in [6.07, 6.45) is -2.80. The van der Waals surface area contributed by atoms with Crippen LogP contribution in [0, 0.1) is 11.8 Å². The van der Waals surface area contributed by atoms with Gasteiger partial charge in [0.1, 0.15) is 5.54 Å². The van der Waals surface area contributed by atoms with Crippen molar-refractivity contribution in [3.05, 3.63) is 83.4 Å². The smallest absolute Gasteiger partial charge is 0.416 e. The molecule has 0 saturated carbocycles. The molecule has 3 aromatic carbocycles. The second-order valence-electron chi connectivity index (χ2n) is 9.67. The molecule has 4 atom stereocenters. The van der Waals surface area contributed by atoms with Gasteiger partial charge in [-0.1, -0.05) is 54.6 Å². The highest BCUT2D eigenvalue weighted by Gasteiger charge is 2.68. The molecule has 5 rings (SSSR count). The number of fused-ring (bicyclic) bond motifs is 2. The summed E-state index contributed by atoms with van der Waals surface area (Å²) < 4.78 is 40.5. The van der Waals surface area contributed by atoms with E-state index in [1.165, 1.54) is 23.9 Å². The number of nitrogens with zero attached hydrogens (tertiary/aromatic N) is 1. The molecular weight excluding hydrogens is 517 g/mol. The molecule has 2 amide bonds. The fourth-order valence-corrected chi connectivity index (χ4v) is 6.34. The number of rotatable bonds is 7. The van der Waals surface area contributed by atoms with Crippen LogP contribution in [0.2, 0.25) is 0 Å². The minimum absolute atomic E-state index is 0.0290. The molecule has 3 aromatic rings. The lowest BCUT2D eigenvalue weighted by molar-refractivity contribution is -0.151. The Kier molecular flexibility index (Phi) is 6.73. The largest absolute Gasteiger partial charge is 0.480 e. The number of amides is 2. The van der Waals surface area contributed by atoms with Gasteiger partial charge < -0.3 is 5.11 Å². The molecule has 0 bridgehead atoms. The predicted molar refractivity (Wildman–Crippen MR) is 137 cm³/mol. The van der Waals surface area contributed by atoms with Crippen molar-refractivity contribution in [2.24, 2.45) is 11.8 Å². The van der Waals surface area contributed by atoms with Crippen molar-refractivity contribution in [2.45, 2.75) is 30.7 Å². The van der Waals surface area contributed by atoms with Crippen LogP contribution in [0.4, 0.5) is 13.2 Å². The quantitative estimate of drug-likeness (QED) is 0.414. The van der Waals surface area contributed by atoms with Crippen LogP contribution < -0.4 is 5.32 Å². The summed E-state index contributed by atoms with van der Waals surface area (Å²) in [6, 6.07) is 16.5. The number of carbonyl (C=O) groups excluding carboxylic acids is 2. The Bertz CT molecular complexity index is 1420. The molecule has 10 heteroatoms. The van der Waals surface area contributed by atoms with Gasteiger partial charge in [-0.3, -0.25) is 24.6 Å². The topological polar surface area (TPSA) is 86.7 Å². The van der Waals surface area contributed by atoms with Crippen molar-refractivity contribution in [1.82, 2.24) is 10.2 Å². The highest BCUT2D eigenvalue weighted by molar-refractivity contribution is 7.98. The number of thioether (sulfide) groups is 1. The number of halogens is 3. The number of alkyl halides is 3. The molecule has 2 aliphatic heterocycles. The highest BCUT2D eigenvalue weighted by atomic mass is 32.2. The Hall–Kier alpha value is -3.37. The number of carboxylic acids is 1. The van der Waals surface area contributed by atoms with Gasteiger partial charge >= 0.3 is 12.1 Å². The van der Waals surface area contributed by atoms with Crippen molar-refractivity contribution >= 4 is 40.3 Å². The maximum Gasteiger partial charge on any atom is 0.416 e. The number of aliphatic carboxylic acids is 1. The van der Waals surface area contributed by atoms with Crippen LogP contribution in [0.25, 0.3) is 10.8 Å². The molecule has 0 aromatic heterocycles. The fraction of sp³-hybridized carbons (Fsp3) is 0.321. The SMILES string of the molecule is CSCCC1(C(=O)O)NC(c2cccc(C(F)(F)F)c2)C2C(=O)N(Cc3cccc4ccccc34)C(=O)C21. The third-order valence-corrected chi connectivity index (χ3v) is 8.22. The predicted octanol–water partition coefficient (Wildman–Crippen LogP) is 4.88. The van der Waals surface area contributed by atoms with Gasteiger partial charge in [0.15, 0.2) is 0 Å². The zero-order chi connectivity index (χ0) is 27.2. The summed E-state index contributed by atoms with van der Waals surface area (Å²) >= 11 is 1.39. The number of likely N-dealkylation sites (tertiary alicyclic amines) is 1. The van der Waals surface area contributed by atoms with Crippen molar-refractivity contribution in [2.75, 3.05) is 12.0 Å². The molecule has 0 aliphatic carbocycles. The average molecular weight is 543 g/mol. The van der Waals surface area contributed by atoms with E-state index in [-0.39, 0.29) is 18.5 Å². The van der Waals surface area contributed by atoms with E-state index in [0.29, 0.717) is 5.75 Å². The summed E-state index contributed by atoms with van der Waals surface area (Å²) in [5, 5.41) is 15.1. The molecule has 2 aliphatic rings. The molecule has 2 fully saturated rings. The molecule has 2 saturated heterocycles. The summed E-state index contributed by atoms with van der Waals surface area (Å²) in [5.74, 6) is -4.55. The lowest BCUT2D eigenvalue weighted by Gasteiger charge is -2.31. The van der Waals surface area contributed by atoms with Crippen molar-refractivity contribution in [1.29, 1.82) is 0 Å². The molecule has 198 valence electrons. The summed E-state index contributed by atoms with van der Waals surface area (Å²) in [5.41, 5.74) is -1.87. The minimum Gasteiger partial charge on any atom is -0.480 e. The second kappa shape index (κ2) is 9.74. The minimum atomic E-state index is -4.62. The van der Waals surface area contributed by atoms with Gasteiger partial charge in [-0.2, -0.15) is 24.9 Å². The molecule has 0 radical (unpaired) electrons. The molecule has 0 spiro atoms. The standard InChI is InChI=1S/C28H25F3N2O4S/c1-38-13-12-27(26(36)37)22-21(23(32-27)17-8-5-10-19(14-17)28(29,30)31)24(34)33(25(22)35)15-18-9-4-7-16-6-2-3-11-20(16)18/h2-11,14,21-23,32H,12-13,15H2,1H3,(H,36,37). The molecular formula is C28H25F3N2O4S. The maximum atomic E-state index is 13.8. The molecule has 2 N–H and O–H groups in total. The van der Waals surface area contributed by atoms with Gasteiger partial charge in [0, 0.05) is 6.04 Å². The summed E-state index contributed by atoms with van der Waals surface area (Å²) in [6.45, 7) is -0.0560. The van der Waals surface area contributed by atoms with Gasteiger partial charge in [-0.15, -0.1) is 0 Å². The van der Waals surface area contributed by atoms with Crippen LogP contribution in [-0.4, -0.2) is 45.3 Å². The fourth-order valence-electron chi connectivity index (χ4n) is 5.81. The lowest BCUT2D eigenvalue weighted by atomic mass is 9.78. The van der Waals surface area contributed by atoms with Gasteiger partial charge in [-0.25, -0.2) is 0 Å². The van der Waals surface area contributed by atoms with Crippen LogP contribution in [0.1, 0.15) is 29.2 Å². The van der Waals surface area contributed by atoms with Crippen LogP contribution in [0.3, 0.4) is 0 Å². The molecule has 4 unspecified atom stereocenters. The van der Waals surface area contributed by atoms with E-state index < -0.39 is 52.9 Å². The average Bonchev–Trinajstić information content (AvgIpc) is 3.37. The molecule has 2 heterocycles. The number of hydrogen-bond acceptors (Lipinski definition) is 5. The van der Waals surface area contributed by atoms with Crippen molar-refractivity contribution in [3.8, 4) is 0 Å². The van der Waals surface area contributed by atoms with Gasteiger partial charge in [0.25, 0.3) is 0 Å². The van der Waals surface area contributed by atoms with E-state index in [2.05, 4.69) is 5.32 Å². The zero-order valence-corrected chi connectivity index (χ0v) is 21.2. The number of imide groups is 1. The first-order valence-corrected chi connectivity index (χ1v) is 13.5. The number of hydrogen-bond donors (Lipinski definition) is 2. The van der Waals surface area contributed by atoms with E-state index in [1.54, 1.807) is 12.3 Å². The first-order valence-electron chi connectivity index (χ1n) is 12.1. The van der Waals surface area contributed by atoms with Crippen molar-refractivity contribution in [3.63, 3.8) is 0 Å². The first-order chi connectivity index (χ1) is 18.1. The first kappa shape index (κ1) is 26.2. The van der Waals surface area contributed by atoms with E-state index in [1.807, 2.05) is 36.4 Å². The monoisotopic (exact) mass is 542 g/mol. The van der Waals surface area contributed by atoms with Gasteiger partial charge in [-0.05, 0) is 52.5 Å². The Morgan fingerprint density at radius 1 is 1.05 bits per heavy atom. The Balaban J connectivity index is 1.59. The van der Waals surface area contributed by atoms with E-state index in [0.717, 1.165) is 33.4 Å². The third kappa shape index (κ3) is 4.25. The van der Waals surface area contributed by atoms with Gasteiger partial charge in [0.2, 0.25) is 11.8 Å². The Morgan fingerprint density at radius 3 is 2.47 bits per heavy atom. The summed E-state index contributed by atoms with van der Waals surface area (Å²) in [4.78, 5) is 41.5. The third-order valence-electron chi connectivity index (χ3n) is 7.61.